The molecule has 0 radical (unpaired) electrons. The second kappa shape index (κ2) is 6.62. The first-order valence-corrected chi connectivity index (χ1v) is 6.81. The molecule has 0 fully saturated rings. The van der Waals surface area contributed by atoms with Crippen molar-refractivity contribution in [1.29, 1.82) is 5.41 Å². The van der Waals surface area contributed by atoms with Crippen molar-refractivity contribution in [3.05, 3.63) is 54.1 Å². The summed E-state index contributed by atoms with van der Waals surface area (Å²) in [5.74, 6) is -0.748. The molecule has 2 aromatic carbocycles. The highest BCUT2D eigenvalue weighted by Crippen LogP contribution is 2.33. The molecule has 5 N–H and O–H groups in total. The fourth-order valence-corrected chi connectivity index (χ4v) is 2.15. The minimum absolute atomic E-state index is 0.241. The first kappa shape index (κ1) is 15.4. The molecule has 0 unspecified atom stereocenters. The third kappa shape index (κ3) is 3.01. The number of para-hydroxylation sites is 2. The third-order valence-corrected chi connectivity index (χ3v) is 3.04. The van der Waals surface area contributed by atoms with Crippen molar-refractivity contribution >= 4 is 29.0 Å². The Labute approximate surface area is 128 Å². The lowest BCUT2D eigenvalue weighted by atomic mass is 10.1. The van der Waals surface area contributed by atoms with Gasteiger partial charge in [-0.05, 0) is 31.2 Å². The zero-order valence-corrected chi connectivity index (χ0v) is 12.2. The number of rotatable bonds is 4. The predicted octanol–water partition coefficient (Wildman–Crippen LogP) is 2.48. The number of carbonyl (C=O) groups excluding carboxylic acids is 1. The number of nitrogens with two attached hydrogens (primary N) is 2. The Morgan fingerprint density at radius 3 is 2.45 bits per heavy atom. The second-order valence-electron chi connectivity index (χ2n) is 4.52. The quantitative estimate of drug-likeness (QED) is 0.348. The van der Waals surface area contributed by atoms with Crippen LogP contribution in [0.25, 0.3) is 0 Å². The summed E-state index contributed by atoms with van der Waals surface area (Å²) >= 11 is 0. The Kier molecular flexibility index (Phi) is 4.63. The number of anilines is 3. The topological polar surface area (TPSA) is 105 Å². The highest BCUT2D eigenvalue weighted by atomic mass is 16.5. The summed E-state index contributed by atoms with van der Waals surface area (Å²) in [6.07, 6.45) is 0. The predicted molar refractivity (Wildman–Crippen MR) is 87.3 cm³/mol. The van der Waals surface area contributed by atoms with Gasteiger partial charge >= 0.3 is 5.97 Å². The Bertz CT molecular complexity index is 686. The van der Waals surface area contributed by atoms with Crippen LogP contribution in [0, 0.1) is 5.41 Å². The number of nitrogens with one attached hydrogen (secondary N) is 1. The zero-order chi connectivity index (χ0) is 16.1. The monoisotopic (exact) mass is 298 g/mol. The van der Waals surface area contributed by atoms with Crippen LogP contribution in [0.2, 0.25) is 0 Å². The fourth-order valence-electron chi connectivity index (χ4n) is 2.15. The molecular weight excluding hydrogens is 280 g/mol. The van der Waals surface area contributed by atoms with E-state index in [-0.39, 0.29) is 18.1 Å². The van der Waals surface area contributed by atoms with Crippen LogP contribution in [-0.4, -0.2) is 18.5 Å². The molecule has 0 aliphatic carbocycles. The molecule has 22 heavy (non-hydrogen) atoms. The average molecular weight is 298 g/mol. The smallest absolute Gasteiger partial charge is 0.340 e. The Morgan fingerprint density at radius 2 is 1.86 bits per heavy atom. The van der Waals surface area contributed by atoms with Crippen molar-refractivity contribution in [2.24, 2.45) is 5.73 Å². The molecule has 0 saturated carbocycles. The normalized spacial score (nSPS) is 10.0. The lowest BCUT2D eigenvalue weighted by molar-refractivity contribution is 0.0527. The van der Waals surface area contributed by atoms with Gasteiger partial charge in [0.25, 0.3) is 0 Å². The molecule has 6 heteroatoms. The summed E-state index contributed by atoms with van der Waals surface area (Å²) in [4.78, 5) is 13.6. The van der Waals surface area contributed by atoms with Gasteiger partial charge in [-0.3, -0.25) is 10.3 Å². The lowest BCUT2D eigenvalue weighted by Crippen LogP contribution is -2.34. The lowest BCUT2D eigenvalue weighted by Gasteiger charge is -2.26. The number of guanidine groups is 1. The van der Waals surface area contributed by atoms with E-state index in [1.165, 1.54) is 4.90 Å². The largest absolute Gasteiger partial charge is 0.462 e. The summed E-state index contributed by atoms with van der Waals surface area (Å²) < 4.78 is 5.06. The van der Waals surface area contributed by atoms with E-state index in [2.05, 4.69) is 0 Å². The Balaban J connectivity index is 2.62. The highest BCUT2D eigenvalue weighted by Gasteiger charge is 2.23. The molecule has 2 rings (SSSR count). The zero-order valence-electron chi connectivity index (χ0n) is 12.2. The number of hydrogen-bond donors (Lipinski definition) is 3. The van der Waals surface area contributed by atoms with Crippen molar-refractivity contribution in [3.8, 4) is 0 Å². The SMILES string of the molecule is CCOC(=O)c1cccc(N)c1N(C(=N)N)c1ccccc1. The minimum Gasteiger partial charge on any atom is -0.462 e. The van der Waals surface area contributed by atoms with Crippen LogP contribution in [0.4, 0.5) is 17.1 Å². The summed E-state index contributed by atoms with van der Waals surface area (Å²) in [5, 5.41) is 7.86. The van der Waals surface area contributed by atoms with Crippen LogP contribution in [-0.2, 0) is 4.74 Å². The fraction of sp³-hybridized carbons (Fsp3) is 0.125. The molecular formula is C16H18N4O2. The average Bonchev–Trinajstić information content (AvgIpc) is 2.50. The Hall–Kier alpha value is -3.02. The van der Waals surface area contributed by atoms with E-state index in [1.54, 1.807) is 37.3 Å². The van der Waals surface area contributed by atoms with Gasteiger partial charge in [-0.2, -0.15) is 0 Å². The van der Waals surface area contributed by atoms with Gasteiger partial charge in [0.15, 0.2) is 5.96 Å². The number of nitrogen functional groups attached to an aromatic ring is 1. The summed E-state index contributed by atoms with van der Waals surface area (Å²) in [7, 11) is 0. The highest BCUT2D eigenvalue weighted by molar-refractivity contribution is 6.09. The number of benzene rings is 2. The van der Waals surface area contributed by atoms with E-state index >= 15 is 0 Å². The molecule has 0 bridgehead atoms. The maximum absolute atomic E-state index is 12.2. The van der Waals surface area contributed by atoms with Crippen molar-refractivity contribution in [2.75, 3.05) is 17.2 Å². The second-order valence-corrected chi connectivity index (χ2v) is 4.52. The molecule has 0 aliphatic rings. The molecule has 0 spiro atoms. The summed E-state index contributed by atoms with van der Waals surface area (Å²) in [5.41, 5.74) is 13.3. The maximum Gasteiger partial charge on any atom is 0.340 e. The van der Waals surface area contributed by atoms with Gasteiger partial charge < -0.3 is 16.2 Å². The molecule has 2 aromatic rings. The minimum atomic E-state index is -0.507. The third-order valence-electron chi connectivity index (χ3n) is 3.04. The van der Waals surface area contributed by atoms with Gasteiger partial charge in [-0.1, -0.05) is 24.3 Å². The van der Waals surface area contributed by atoms with E-state index in [1.807, 2.05) is 18.2 Å². The van der Waals surface area contributed by atoms with E-state index < -0.39 is 5.97 Å². The first-order valence-electron chi connectivity index (χ1n) is 6.81. The number of ether oxygens (including phenoxy) is 1. The molecule has 0 heterocycles. The molecule has 0 aromatic heterocycles. The van der Waals surface area contributed by atoms with Gasteiger partial charge in [0.2, 0.25) is 0 Å². The van der Waals surface area contributed by atoms with E-state index in [0.29, 0.717) is 17.1 Å². The number of nitrogens with zero attached hydrogens (tertiary/aromatic N) is 1. The van der Waals surface area contributed by atoms with Crippen molar-refractivity contribution in [1.82, 2.24) is 0 Å². The van der Waals surface area contributed by atoms with Crippen molar-refractivity contribution in [3.63, 3.8) is 0 Å². The van der Waals surface area contributed by atoms with Crippen LogP contribution in [0.5, 0.6) is 0 Å². The van der Waals surface area contributed by atoms with Gasteiger partial charge in [0.1, 0.15) is 0 Å². The van der Waals surface area contributed by atoms with Crippen LogP contribution in [0.3, 0.4) is 0 Å². The first-order chi connectivity index (χ1) is 10.6. The van der Waals surface area contributed by atoms with E-state index in [4.69, 9.17) is 21.6 Å². The van der Waals surface area contributed by atoms with E-state index in [0.717, 1.165) is 0 Å². The number of hydrogen-bond acceptors (Lipinski definition) is 4. The van der Waals surface area contributed by atoms with Gasteiger partial charge in [0, 0.05) is 5.69 Å². The summed E-state index contributed by atoms with van der Waals surface area (Å²) in [6, 6.07) is 13.9. The summed E-state index contributed by atoms with van der Waals surface area (Å²) in [6.45, 7) is 1.97. The number of carbonyl (C=O) groups is 1. The van der Waals surface area contributed by atoms with Crippen LogP contribution in [0.15, 0.2) is 48.5 Å². The van der Waals surface area contributed by atoms with Gasteiger partial charge in [0.05, 0.1) is 23.5 Å². The maximum atomic E-state index is 12.2. The molecule has 0 aliphatic heterocycles. The van der Waals surface area contributed by atoms with Crippen LogP contribution >= 0.6 is 0 Å². The molecule has 114 valence electrons. The standard InChI is InChI=1S/C16H18N4O2/c1-2-22-15(21)12-9-6-10-13(17)14(12)20(16(18)19)11-7-4-3-5-8-11/h3-10H,2,17H2,1H3,(H3,18,19). The number of esters is 1. The Morgan fingerprint density at radius 1 is 1.18 bits per heavy atom. The van der Waals surface area contributed by atoms with Crippen LogP contribution in [0.1, 0.15) is 17.3 Å². The van der Waals surface area contributed by atoms with Gasteiger partial charge in [-0.15, -0.1) is 0 Å². The molecule has 0 amide bonds. The molecule has 0 atom stereocenters. The van der Waals surface area contributed by atoms with Crippen molar-refractivity contribution in [2.45, 2.75) is 6.92 Å². The van der Waals surface area contributed by atoms with E-state index in [9.17, 15) is 4.79 Å². The van der Waals surface area contributed by atoms with Crippen molar-refractivity contribution < 1.29 is 9.53 Å². The molecule has 6 nitrogen and oxygen atoms in total. The van der Waals surface area contributed by atoms with Gasteiger partial charge in [-0.25, -0.2) is 4.79 Å². The molecule has 0 saturated heterocycles. The van der Waals surface area contributed by atoms with Crippen LogP contribution < -0.4 is 16.4 Å².